The van der Waals surface area contributed by atoms with Crippen molar-refractivity contribution in [2.45, 2.75) is 35.8 Å². The van der Waals surface area contributed by atoms with Gasteiger partial charge in [0, 0.05) is 32.7 Å². The zero-order chi connectivity index (χ0) is 23.6. The molecule has 10 heteroatoms. The third kappa shape index (κ3) is 4.46. The Hall–Kier alpha value is -2.95. The number of allylic oxidation sites excluding steroid dienone is 1. The molecule has 0 aliphatic heterocycles. The molecule has 2 aromatic carbocycles. The van der Waals surface area contributed by atoms with Gasteiger partial charge in [0.25, 0.3) is 0 Å². The van der Waals surface area contributed by atoms with Gasteiger partial charge in [-0.2, -0.15) is 0 Å². The number of hydrogen-bond donors (Lipinski definition) is 0. The van der Waals surface area contributed by atoms with Crippen molar-refractivity contribution in [1.29, 1.82) is 0 Å². The molecule has 0 atom stereocenters. The van der Waals surface area contributed by atoms with Crippen LogP contribution in [0.15, 0.2) is 71.2 Å². The van der Waals surface area contributed by atoms with Gasteiger partial charge in [0.05, 0.1) is 21.7 Å². The number of benzene rings is 2. The maximum Gasteiger partial charge on any atom is 0.242 e. The van der Waals surface area contributed by atoms with Crippen molar-refractivity contribution >= 4 is 32.8 Å². The van der Waals surface area contributed by atoms with Gasteiger partial charge >= 0.3 is 0 Å². The zero-order valence-electron chi connectivity index (χ0n) is 18.8. The standard InChI is InChI=1S/C23H26N6O2S2/c1-5-14-29-22(17-10-8-7-9-11-17)25-26-23(29)32-16-21-24-19-15-18(33(30,31)27(3)4)12-13-20(19)28(21)6-2/h5,7-13,15H,1,6,14,16H2,2-4H3. The number of aryl methyl sites for hydroxylation is 1. The highest BCUT2D eigenvalue weighted by molar-refractivity contribution is 7.98. The smallest absolute Gasteiger partial charge is 0.242 e. The SMILES string of the molecule is C=CCn1c(SCc2nc3cc(S(=O)(=O)N(C)C)ccc3n2CC)nnc1-c1ccccc1. The van der Waals surface area contributed by atoms with Crippen LogP contribution < -0.4 is 0 Å². The minimum absolute atomic E-state index is 0.234. The predicted octanol–water partition coefficient (Wildman–Crippen LogP) is 4.04. The summed E-state index contributed by atoms with van der Waals surface area (Å²) in [5, 5.41) is 9.59. The summed E-state index contributed by atoms with van der Waals surface area (Å²) < 4.78 is 30.4. The van der Waals surface area contributed by atoms with Crippen molar-refractivity contribution in [3.63, 3.8) is 0 Å². The van der Waals surface area contributed by atoms with E-state index in [-0.39, 0.29) is 4.90 Å². The van der Waals surface area contributed by atoms with E-state index in [0.717, 1.165) is 34.4 Å². The highest BCUT2D eigenvalue weighted by Gasteiger charge is 2.20. The third-order valence-corrected chi connectivity index (χ3v) is 8.06. The van der Waals surface area contributed by atoms with Gasteiger partial charge in [0.1, 0.15) is 5.82 Å². The van der Waals surface area contributed by atoms with Crippen LogP contribution in [0.5, 0.6) is 0 Å². The lowest BCUT2D eigenvalue weighted by Crippen LogP contribution is -2.22. The first-order valence-electron chi connectivity index (χ1n) is 10.5. The van der Waals surface area contributed by atoms with E-state index in [1.54, 1.807) is 23.9 Å². The molecular formula is C23H26N6O2S2. The molecule has 2 heterocycles. The van der Waals surface area contributed by atoms with Gasteiger partial charge in [-0.1, -0.05) is 48.2 Å². The molecule has 8 nitrogen and oxygen atoms in total. The Bertz CT molecular complexity index is 1390. The van der Waals surface area contributed by atoms with Crippen LogP contribution in [-0.2, 0) is 28.9 Å². The molecule has 0 fully saturated rings. The van der Waals surface area contributed by atoms with Gasteiger partial charge in [-0.05, 0) is 25.1 Å². The van der Waals surface area contributed by atoms with E-state index in [0.29, 0.717) is 17.8 Å². The van der Waals surface area contributed by atoms with Crippen molar-refractivity contribution in [3.8, 4) is 11.4 Å². The highest BCUT2D eigenvalue weighted by atomic mass is 32.2. The van der Waals surface area contributed by atoms with Crippen LogP contribution in [0.2, 0.25) is 0 Å². The quantitative estimate of drug-likeness (QED) is 0.264. The summed E-state index contributed by atoms with van der Waals surface area (Å²) in [6.07, 6.45) is 1.83. The minimum atomic E-state index is -3.52. The topological polar surface area (TPSA) is 85.9 Å². The summed E-state index contributed by atoms with van der Waals surface area (Å²) in [4.78, 5) is 4.99. The van der Waals surface area contributed by atoms with Gasteiger partial charge in [-0.3, -0.25) is 4.57 Å². The van der Waals surface area contributed by atoms with Gasteiger partial charge < -0.3 is 4.57 Å². The molecule has 172 valence electrons. The van der Waals surface area contributed by atoms with E-state index >= 15 is 0 Å². The molecule has 33 heavy (non-hydrogen) atoms. The van der Waals surface area contributed by atoms with E-state index in [1.807, 2.05) is 54.0 Å². The third-order valence-electron chi connectivity index (χ3n) is 5.28. The number of imidazole rings is 1. The fourth-order valence-corrected chi connectivity index (χ4v) is 5.43. The van der Waals surface area contributed by atoms with Crippen molar-refractivity contribution in [3.05, 3.63) is 67.0 Å². The lowest BCUT2D eigenvalue weighted by Gasteiger charge is -2.11. The number of nitrogens with zero attached hydrogens (tertiary/aromatic N) is 6. The number of rotatable bonds is 9. The maximum absolute atomic E-state index is 12.5. The molecule has 0 spiro atoms. The zero-order valence-corrected chi connectivity index (χ0v) is 20.5. The lowest BCUT2D eigenvalue weighted by molar-refractivity contribution is 0.521. The van der Waals surface area contributed by atoms with Crippen molar-refractivity contribution in [2.24, 2.45) is 0 Å². The number of sulfonamides is 1. The maximum atomic E-state index is 12.5. The molecule has 0 radical (unpaired) electrons. The van der Waals surface area contributed by atoms with E-state index in [4.69, 9.17) is 4.98 Å². The molecule has 0 N–H and O–H groups in total. The van der Waals surface area contributed by atoms with Gasteiger partial charge in [0.2, 0.25) is 10.0 Å². The van der Waals surface area contributed by atoms with Crippen LogP contribution in [-0.4, -0.2) is 51.1 Å². The molecule has 0 bridgehead atoms. The number of aromatic nitrogens is 5. The summed E-state index contributed by atoms with van der Waals surface area (Å²) in [5.41, 5.74) is 2.56. The average molecular weight is 483 g/mol. The first kappa shape index (κ1) is 23.2. The molecular weight excluding hydrogens is 456 g/mol. The van der Waals surface area contributed by atoms with E-state index in [1.165, 1.54) is 18.4 Å². The van der Waals surface area contributed by atoms with E-state index < -0.39 is 10.0 Å². The van der Waals surface area contributed by atoms with Crippen LogP contribution in [0.4, 0.5) is 0 Å². The highest BCUT2D eigenvalue weighted by Crippen LogP contribution is 2.28. The second-order valence-corrected chi connectivity index (χ2v) is 10.7. The molecule has 2 aromatic heterocycles. The van der Waals surface area contributed by atoms with Gasteiger partial charge in [0.15, 0.2) is 11.0 Å². The predicted molar refractivity (Wildman–Crippen MR) is 131 cm³/mol. The van der Waals surface area contributed by atoms with Gasteiger partial charge in [-0.15, -0.1) is 16.8 Å². The summed E-state index contributed by atoms with van der Waals surface area (Å²) in [5.74, 6) is 2.22. The van der Waals surface area contributed by atoms with Crippen LogP contribution in [0, 0.1) is 0 Å². The van der Waals surface area contributed by atoms with Crippen molar-refractivity contribution < 1.29 is 8.42 Å². The fraction of sp³-hybridized carbons (Fsp3) is 0.261. The summed E-state index contributed by atoms with van der Waals surface area (Å²) in [6, 6.07) is 15.0. The number of hydrogen-bond acceptors (Lipinski definition) is 6. The summed E-state index contributed by atoms with van der Waals surface area (Å²) in [6.45, 7) is 7.24. The van der Waals surface area contributed by atoms with E-state index in [2.05, 4.69) is 21.3 Å². The first-order chi connectivity index (χ1) is 15.9. The molecule has 0 aliphatic rings. The van der Waals surface area contributed by atoms with Crippen molar-refractivity contribution in [1.82, 2.24) is 28.6 Å². The second-order valence-electron chi connectivity index (χ2n) is 7.57. The van der Waals surface area contributed by atoms with Crippen LogP contribution in [0.25, 0.3) is 22.4 Å². The first-order valence-corrected chi connectivity index (χ1v) is 12.9. The Kier molecular flexibility index (Phi) is 6.68. The monoisotopic (exact) mass is 482 g/mol. The van der Waals surface area contributed by atoms with Crippen LogP contribution in [0.1, 0.15) is 12.7 Å². The Morgan fingerprint density at radius 1 is 1.09 bits per heavy atom. The van der Waals surface area contributed by atoms with Crippen LogP contribution in [0.3, 0.4) is 0 Å². The largest absolute Gasteiger partial charge is 0.328 e. The second kappa shape index (κ2) is 9.50. The summed E-state index contributed by atoms with van der Waals surface area (Å²) >= 11 is 1.55. The Morgan fingerprint density at radius 3 is 2.52 bits per heavy atom. The Balaban J connectivity index is 1.66. The molecule has 0 saturated carbocycles. The minimum Gasteiger partial charge on any atom is -0.328 e. The van der Waals surface area contributed by atoms with Crippen LogP contribution >= 0.6 is 11.8 Å². The Labute approximate surface area is 198 Å². The average Bonchev–Trinajstić information content (AvgIpc) is 3.38. The molecule has 4 rings (SSSR count). The molecule has 0 saturated heterocycles. The van der Waals surface area contributed by atoms with E-state index in [9.17, 15) is 8.42 Å². The fourth-order valence-electron chi connectivity index (χ4n) is 3.61. The molecule has 0 amide bonds. The molecule has 4 aromatic rings. The number of fused-ring (bicyclic) bond motifs is 1. The van der Waals surface area contributed by atoms with Crippen molar-refractivity contribution in [2.75, 3.05) is 14.1 Å². The molecule has 0 unspecified atom stereocenters. The normalized spacial score (nSPS) is 12.0. The number of thioether (sulfide) groups is 1. The molecule has 0 aliphatic carbocycles. The lowest BCUT2D eigenvalue weighted by atomic mass is 10.2. The Morgan fingerprint density at radius 2 is 1.85 bits per heavy atom. The van der Waals surface area contributed by atoms with Gasteiger partial charge in [-0.25, -0.2) is 17.7 Å². The summed E-state index contributed by atoms with van der Waals surface area (Å²) in [7, 11) is -0.475.